The molecule has 5 heterocycles. The highest BCUT2D eigenvalue weighted by atomic mass is 19.3. The molecule has 5 aromatic rings. The first-order chi connectivity index (χ1) is 18.6. The molecule has 0 unspecified atom stereocenters. The molecule has 2 N–H and O–H groups in total. The number of halogens is 2. The van der Waals surface area contributed by atoms with Crippen molar-refractivity contribution in [3.63, 3.8) is 0 Å². The quantitative estimate of drug-likeness (QED) is 0.308. The van der Waals surface area contributed by atoms with Gasteiger partial charge in [0, 0.05) is 36.6 Å². The minimum atomic E-state index is -2.86. The van der Waals surface area contributed by atoms with Gasteiger partial charge < -0.3 is 19.7 Å². The molecule has 0 spiro atoms. The maximum absolute atomic E-state index is 14.5. The summed E-state index contributed by atoms with van der Waals surface area (Å²) >= 11 is 0. The maximum Gasteiger partial charge on any atom is 0.269 e. The first kappa shape index (κ1) is 25.2. The van der Waals surface area contributed by atoms with E-state index in [1.807, 2.05) is 10.7 Å². The van der Waals surface area contributed by atoms with Crippen LogP contribution in [-0.2, 0) is 12.5 Å². The summed E-state index contributed by atoms with van der Waals surface area (Å²) in [6, 6.07) is 1.80. The minimum absolute atomic E-state index is 0.0969. The molecule has 1 saturated carbocycles. The molecule has 11 nitrogen and oxygen atoms in total. The van der Waals surface area contributed by atoms with Gasteiger partial charge in [-0.2, -0.15) is 15.2 Å². The number of hydrogen-bond donors (Lipinski definition) is 2. The molecular formula is C26H29F2N9O2. The fourth-order valence-electron chi connectivity index (χ4n) is 5.18. The Labute approximate surface area is 222 Å². The monoisotopic (exact) mass is 537 g/mol. The Balaban J connectivity index is 1.39. The topological polar surface area (TPSA) is 120 Å². The average molecular weight is 538 g/mol. The number of nitrogens with zero attached hydrogens (tertiary/aromatic N) is 8. The van der Waals surface area contributed by atoms with E-state index in [1.54, 1.807) is 19.4 Å². The van der Waals surface area contributed by atoms with Gasteiger partial charge in [0.15, 0.2) is 23.0 Å². The SMILES string of the molecule is Cn1c(Nc2cc(C(C)(C)C)n([C@@H]3CCC[C@H]3O)n2)nc2ncc(Oc3cnn4ccncc34)c(C(F)F)c21. The van der Waals surface area contributed by atoms with Crippen molar-refractivity contribution in [1.29, 1.82) is 0 Å². The third-order valence-corrected chi connectivity index (χ3v) is 7.13. The van der Waals surface area contributed by atoms with E-state index in [9.17, 15) is 13.9 Å². The van der Waals surface area contributed by atoms with Gasteiger partial charge >= 0.3 is 0 Å². The Morgan fingerprint density at radius 2 is 1.97 bits per heavy atom. The zero-order valence-electron chi connectivity index (χ0n) is 22.0. The van der Waals surface area contributed by atoms with Crippen molar-refractivity contribution < 1.29 is 18.6 Å². The molecule has 5 aromatic heterocycles. The van der Waals surface area contributed by atoms with Gasteiger partial charge in [0.25, 0.3) is 6.43 Å². The van der Waals surface area contributed by atoms with Crippen molar-refractivity contribution in [3.05, 3.63) is 48.3 Å². The van der Waals surface area contributed by atoms with Crippen LogP contribution in [0.15, 0.2) is 37.1 Å². The highest BCUT2D eigenvalue weighted by molar-refractivity contribution is 5.82. The lowest BCUT2D eigenvalue weighted by Gasteiger charge is -2.25. The molecular weight excluding hydrogens is 508 g/mol. The number of hydrogen-bond acceptors (Lipinski definition) is 8. The zero-order valence-corrected chi connectivity index (χ0v) is 22.0. The Kier molecular flexibility index (Phi) is 5.97. The number of nitrogens with one attached hydrogen (secondary N) is 1. The number of pyridine rings is 1. The molecule has 1 fully saturated rings. The molecule has 1 aliphatic carbocycles. The Morgan fingerprint density at radius 1 is 1.15 bits per heavy atom. The lowest BCUT2D eigenvalue weighted by Crippen LogP contribution is -2.26. The van der Waals surface area contributed by atoms with E-state index in [4.69, 9.17) is 9.84 Å². The minimum Gasteiger partial charge on any atom is -0.451 e. The third kappa shape index (κ3) is 4.36. The molecule has 0 aromatic carbocycles. The van der Waals surface area contributed by atoms with Gasteiger partial charge in [0.1, 0.15) is 11.0 Å². The molecule has 0 radical (unpaired) electrons. The van der Waals surface area contributed by atoms with Crippen molar-refractivity contribution >= 4 is 28.4 Å². The van der Waals surface area contributed by atoms with Crippen LogP contribution in [0.2, 0.25) is 0 Å². The van der Waals surface area contributed by atoms with Crippen LogP contribution >= 0.6 is 0 Å². The van der Waals surface area contributed by atoms with Crippen LogP contribution in [0.3, 0.4) is 0 Å². The third-order valence-electron chi connectivity index (χ3n) is 7.13. The standard InChI is InChI=1S/C26H29F2N9O2/c1-26(2,3)19-10-20(34-37(19)14-6-5-7-16(14)38)32-25-33-24-22(35(25)4)21(23(27)28)18(12-30-24)39-17-13-31-36-9-8-29-11-15(17)36/h8-14,16,23,38H,5-7H2,1-4H3,(H,30,32,33,34)/t14-,16-/m1/s1. The predicted molar refractivity (Wildman–Crippen MR) is 140 cm³/mol. The second kappa shape index (κ2) is 9.26. The molecule has 0 amide bonds. The summed E-state index contributed by atoms with van der Waals surface area (Å²) < 4.78 is 39.8. The average Bonchev–Trinajstić information content (AvgIpc) is 3.66. The van der Waals surface area contributed by atoms with Gasteiger partial charge in [-0.25, -0.2) is 18.3 Å². The van der Waals surface area contributed by atoms with Gasteiger partial charge in [-0.3, -0.25) is 9.67 Å². The van der Waals surface area contributed by atoms with E-state index in [0.717, 1.165) is 25.0 Å². The summed E-state index contributed by atoms with van der Waals surface area (Å²) in [7, 11) is 1.64. The molecule has 2 atom stereocenters. The summed E-state index contributed by atoms with van der Waals surface area (Å²) in [5, 5.41) is 22.6. The number of ether oxygens (including phenoxy) is 1. The molecule has 0 aliphatic heterocycles. The summed E-state index contributed by atoms with van der Waals surface area (Å²) in [6.07, 6.45) is 6.61. The zero-order chi connectivity index (χ0) is 27.5. The molecule has 13 heteroatoms. The van der Waals surface area contributed by atoms with Gasteiger partial charge in [-0.05, 0) is 19.3 Å². The highest BCUT2D eigenvalue weighted by Gasteiger charge is 2.33. The lowest BCUT2D eigenvalue weighted by molar-refractivity contribution is 0.127. The van der Waals surface area contributed by atoms with Gasteiger partial charge in [-0.1, -0.05) is 20.8 Å². The second-order valence-electron chi connectivity index (χ2n) is 10.8. The number of aromatic nitrogens is 8. The number of imidazole rings is 1. The lowest BCUT2D eigenvalue weighted by atomic mass is 9.91. The van der Waals surface area contributed by atoms with Crippen molar-refractivity contribution in [3.8, 4) is 11.5 Å². The molecule has 0 saturated heterocycles. The van der Waals surface area contributed by atoms with Crippen molar-refractivity contribution in [1.82, 2.24) is 38.9 Å². The molecule has 0 bridgehead atoms. The number of anilines is 2. The van der Waals surface area contributed by atoms with Gasteiger partial charge in [0.2, 0.25) is 5.95 Å². The smallest absolute Gasteiger partial charge is 0.269 e. The van der Waals surface area contributed by atoms with E-state index in [-0.39, 0.29) is 39.7 Å². The van der Waals surface area contributed by atoms with Gasteiger partial charge in [-0.15, -0.1) is 0 Å². The van der Waals surface area contributed by atoms with Crippen LogP contribution in [-0.4, -0.2) is 50.1 Å². The normalized spacial score (nSPS) is 18.1. The molecule has 6 rings (SSSR count). The summed E-state index contributed by atoms with van der Waals surface area (Å²) in [6.45, 7) is 6.25. The first-order valence-electron chi connectivity index (χ1n) is 12.8. The first-order valence-corrected chi connectivity index (χ1v) is 12.8. The summed E-state index contributed by atoms with van der Waals surface area (Å²) in [5.41, 5.74) is 1.21. The number of aliphatic hydroxyl groups is 1. The summed E-state index contributed by atoms with van der Waals surface area (Å²) in [5.74, 6) is 0.988. The number of aryl methyl sites for hydroxylation is 1. The Bertz CT molecular complexity index is 1670. The summed E-state index contributed by atoms with van der Waals surface area (Å²) in [4.78, 5) is 12.8. The van der Waals surface area contributed by atoms with Crippen molar-refractivity contribution in [2.75, 3.05) is 5.32 Å². The van der Waals surface area contributed by atoms with Crippen molar-refractivity contribution in [2.24, 2.45) is 7.05 Å². The molecule has 204 valence electrons. The number of alkyl halides is 2. The van der Waals surface area contributed by atoms with E-state index in [2.05, 4.69) is 46.1 Å². The number of rotatable bonds is 6. The van der Waals surface area contributed by atoms with Crippen LogP contribution in [0.5, 0.6) is 11.5 Å². The van der Waals surface area contributed by atoms with E-state index >= 15 is 0 Å². The van der Waals surface area contributed by atoms with E-state index < -0.39 is 12.5 Å². The maximum atomic E-state index is 14.5. The fraction of sp³-hybridized carbons (Fsp3) is 0.423. The van der Waals surface area contributed by atoms with E-state index in [0.29, 0.717) is 17.3 Å². The Morgan fingerprint density at radius 3 is 2.69 bits per heavy atom. The number of aliphatic hydroxyl groups excluding tert-OH is 1. The van der Waals surface area contributed by atoms with Gasteiger partial charge in [0.05, 0.1) is 36.3 Å². The van der Waals surface area contributed by atoms with E-state index in [1.165, 1.54) is 27.7 Å². The van der Waals surface area contributed by atoms with Crippen LogP contribution in [0.1, 0.15) is 63.8 Å². The Hall–Kier alpha value is -4.13. The molecule has 1 aliphatic rings. The van der Waals surface area contributed by atoms with Crippen molar-refractivity contribution in [2.45, 2.75) is 64.0 Å². The fourth-order valence-corrected chi connectivity index (χ4v) is 5.18. The largest absolute Gasteiger partial charge is 0.451 e. The predicted octanol–water partition coefficient (Wildman–Crippen LogP) is 5.06. The second-order valence-corrected chi connectivity index (χ2v) is 10.8. The van der Waals surface area contributed by atoms with Crippen LogP contribution in [0.25, 0.3) is 16.7 Å². The number of fused-ring (bicyclic) bond motifs is 2. The van der Waals surface area contributed by atoms with Crippen LogP contribution < -0.4 is 10.1 Å². The van der Waals surface area contributed by atoms with Crippen LogP contribution in [0, 0.1) is 0 Å². The molecule has 39 heavy (non-hydrogen) atoms. The van der Waals surface area contributed by atoms with Crippen LogP contribution in [0.4, 0.5) is 20.5 Å². The highest BCUT2D eigenvalue weighted by Crippen LogP contribution is 2.40.